The van der Waals surface area contributed by atoms with E-state index in [1.54, 1.807) is 7.11 Å². The Kier molecular flexibility index (Phi) is 4.75. The predicted molar refractivity (Wildman–Crippen MR) is 72.9 cm³/mol. The summed E-state index contributed by atoms with van der Waals surface area (Å²) in [4.78, 5) is 16.1. The monoisotopic (exact) mass is 281 g/mol. The van der Waals surface area contributed by atoms with Gasteiger partial charge in [0.05, 0.1) is 0 Å². The van der Waals surface area contributed by atoms with Crippen molar-refractivity contribution in [2.75, 3.05) is 7.11 Å². The number of nitrogens with zero attached hydrogens (tertiary/aromatic N) is 2. The van der Waals surface area contributed by atoms with Crippen LogP contribution in [-0.4, -0.2) is 23.2 Å². The maximum absolute atomic E-state index is 11.6. The van der Waals surface area contributed by atoms with Crippen LogP contribution in [-0.2, 0) is 15.1 Å². The van der Waals surface area contributed by atoms with Gasteiger partial charge in [-0.1, -0.05) is 25.4 Å². The normalized spacial score (nSPS) is 20.6. The molecule has 0 bridgehead atoms. The second kappa shape index (κ2) is 6.35. The van der Waals surface area contributed by atoms with Crippen molar-refractivity contribution in [3.8, 4) is 0 Å². The Morgan fingerprint density at radius 1 is 1.40 bits per heavy atom. The zero-order valence-electron chi connectivity index (χ0n) is 12.4. The number of rotatable bonds is 5. The molecule has 0 aliphatic carbocycles. The highest BCUT2D eigenvalue weighted by atomic mass is 16.5. The lowest BCUT2D eigenvalue weighted by Gasteiger charge is -2.26. The topological polar surface area (TPSA) is 77.2 Å². The van der Waals surface area contributed by atoms with E-state index in [2.05, 4.69) is 15.5 Å². The molecule has 0 radical (unpaired) electrons. The fourth-order valence-electron chi connectivity index (χ4n) is 2.67. The summed E-state index contributed by atoms with van der Waals surface area (Å²) < 4.78 is 11.0. The molecule has 1 aromatic heterocycles. The summed E-state index contributed by atoms with van der Waals surface area (Å²) in [5.41, 5.74) is -0.503. The van der Waals surface area contributed by atoms with Gasteiger partial charge < -0.3 is 14.6 Å². The van der Waals surface area contributed by atoms with Crippen molar-refractivity contribution in [2.45, 2.75) is 64.0 Å². The smallest absolute Gasteiger partial charge is 0.249 e. The molecule has 2 heterocycles. The molecule has 2 rings (SSSR count). The van der Waals surface area contributed by atoms with Gasteiger partial charge >= 0.3 is 0 Å². The average molecular weight is 281 g/mol. The van der Waals surface area contributed by atoms with Gasteiger partial charge in [-0.05, 0) is 25.7 Å². The van der Waals surface area contributed by atoms with Gasteiger partial charge in [-0.15, -0.1) is 0 Å². The van der Waals surface area contributed by atoms with E-state index < -0.39 is 5.60 Å². The summed E-state index contributed by atoms with van der Waals surface area (Å²) in [7, 11) is 1.66. The zero-order valence-corrected chi connectivity index (χ0v) is 12.4. The van der Waals surface area contributed by atoms with Gasteiger partial charge in [0.2, 0.25) is 17.6 Å². The van der Waals surface area contributed by atoms with E-state index in [4.69, 9.17) is 9.26 Å². The lowest BCUT2D eigenvalue weighted by molar-refractivity contribution is -0.121. The molecular formula is C14H23N3O3. The first-order valence-electron chi connectivity index (χ1n) is 7.33. The molecule has 0 spiro atoms. The maximum atomic E-state index is 11.6. The number of carbonyl (C=O) groups excluding carboxylic acids is 1. The van der Waals surface area contributed by atoms with E-state index >= 15 is 0 Å². The third kappa shape index (κ3) is 2.85. The summed E-state index contributed by atoms with van der Waals surface area (Å²) in [6.45, 7) is 4.08. The highest BCUT2D eigenvalue weighted by molar-refractivity contribution is 5.76. The fourth-order valence-corrected chi connectivity index (χ4v) is 2.67. The molecule has 1 aliphatic heterocycles. The fraction of sp³-hybridized carbons (Fsp3) is 0.786. The Morgan fingerprint density at radius 3 is 2.80 bits per heavy atom. The van der Waals surface area contributed by atoms with Crippen LogP contribution in [0.15, 0.2) is 4.52 Å². The minimum Gasteiger partial charge on any atom is -0.370 e. The molecule has 1 unspecified atom stereocenters. The highest BCUT2D eigenvalue weighted by Crippen LogP contribution is 2.31. The third-order valence-corrected chi connectivity index (χ3v) is 4.16. The Morgan fingerprint density at radius 2 is 2.15 bits per heavy atom. The summed E-state index contributed by atoms with van der Waals surface area (Å²) in [6.07, 6.45) is 4.86. The van der Waals surface area contributed by atoms with Crippen molar-refractivity contribution >= 4 is 5.91 Å². The van der Waals surface area contributed by atoms with Crippen LogP contribution in [0.5, 0.6) is 0 Å². The first-order chi connectivity index (χ1) is 9.65. The molecule has 1 aliphatic rings. The number of aromatic nitrogens is 2. The number of carbonyl (C=O) groups is 1. The number of hydrogen-bond acceptors (Lipinski definition) is 5. The molecule has 6 nitrogen and oxygen atoms in total. The molecule has 20 heavy (non-hydrogen) atoms. The molecule has 0 saturated carbocycles. The molecule has 0 aromatic carbocycles. The van der Waals surface area contributed by atoms with Crippen molar-refractivity contribution in [1.29, 1.82) is 0 Å². The first kappa shape index (κ1) is 15.0. The van der Waals surface area contributed by atoms with E-state index in [1.165, 1.54) is 0 Å². The van der Waals surface area contributed by atoms with Crippen LogP contribution in [0, 0.1) is 0 Å². The summed E-state index contributed by atoms with van der Waals surface area (Å²) in [6, 6.07) is -0.172. The molecule has 112 valence electrons. The van der Waals surface area contributed by atoms with Crippen LogP contribution in [0.2, 0.25) is 0 Å². The molecule has 1 amide bonds. The second-order valence-corrected chi connectivity index (χ2v) is 5.23. The van der Waals surface area contributed by atoms with Gasteiger partial charge in [0.25, 0.3) is 0 Å². The highest BCUT2D eigenvalue weighted by Gasteiger charge is 2.35. The largest absolute Gasteiger partial charge is 0.370 e. The Bertz CT molecular complexity index is 446. The average Bonchev–Trinajstić information content (AvgIpc) is 2.85. The van der Waals surface area contributed by atoms with E-state index in [1.807, 2.05) is 13.8 Å². The van der Waals surface area contributed by atoms with E-state index in [0.717, 1.165) is 32.1 Å². The van der Waals surface area contributed by atoms with E-state index in [0.29, 0.717) is 18.1 Å². The van der Waals surface area contributed by atoms with Crippen molar-refractivity contribution < 1.29 is 14.1 Å². The second-order valence-electron chi connectivity index (χ2n) is 5.23. The number of nitrogens with one attached hydrogen (secondary N) is 1. The van der Waals surface area contributed by atoms with Crippen LogP contribution in [0.4, 0.5) is 0 Å². The van der Waals surface area contributed by atoms with Crippen molar-refractivity contribution in [1.82, 2.24) is 15.5 Å². The Balaban J connectivity index is 2.21. The van der Waals surface area contributed by atoms with Crippen LogP contribution in [0.1, 0.15) is 70.1 Å². The van der Waals surface area contributed by atoms with Gasteiger partial charge in [0.1, 0.15) is 11.6 Å². The SMILES string of the molecule is CCC(CC)(OC)c1noc(C2CCCCC(=O)N2)n1. The maximum Gasteiger partial charge on any atom is 0.249 e. The lowest BCUT2D eigenvalue weighted by atomic mass is 9.96. The van der Waals surface area contributed by atoms with Crippen LogP contribution in [0.25, 0.3) is 0 Å². The lowest BCUT2D eigenvalue weighted by Crippen LogP contribution is -2.29. The summed E-state index contributed by atoms with van der Waals surface area (Å²) >= 11 is 0. The minimum absolute atomic E-state index is 0.0521. The van der Waals surface area contributed by atoms with Gasteiger partial charge in [0.15, 0.2) is 0 Å². The van der Waals surface area contributed by atoms with Crippen LogP contribution >= 0.6 is 0 Å². The minimum atomic E-state index is -0.503. The molecule has 1 N–H and O–H groups in total. The molecule has 1 aromatic rings. The number of hydrogen-bond donors (Lipinski definition) is 1. The van der Waals surface area contributed by atoms with Crippen LogP contribution < -0.4 is 5.32 Å². The van der Waals surface area contributed by atoms with Gasteiger partial charge in [0, 0.05) is 13.5 Å². The molecule has 1 atom stereocenters. The quantitative estimate of drug-likeness (QED) is 0.897. The standard InChI is InChI=1S/C14H23N3O3/c1-4-14(5-2,19-3)13-16-12(20-17-13)10-8-6-7-9-11(18)15-10/h10H,4-9H2,1-3H3,(H,15,18). The molecular weight excluding hydrogens is 258 g/mol. The molecule has 6 heteroatoms. The third-order valence-electron chi connectivity index (χ3n) is 4.16. The number of ether oxygens (including phenoxy) is 1. The van der Waals surface area contributed by atoms with E-state index in [9.17, 15) is 4.79 Å². The molecule has 1 saturated heterocycles. The first-order valence-corrected chi connectivity index (χ1v) is 7.33. The van der Waals surface area contributed by atoms with Crippen molar-refractivity contribution in [2.24, 2.45) is 0 Å². The zero-order chi connectivity index (χ0) is 14.6. The van der Waals surface area contributed by atoms with Crippen LogP contribution in [0.3, 0.4) is 0 Å². The predicted octanol–water partition coefficient (Wildman–Crippen LogP) is 2.46. The van der Waals surface area contributed by atoms with Gasteiger partial charge in [-0.25, -0.2) is 0 Å². The van der Waals surface area contributed by atoms with E-state index in [-0.39, 0.29) is 11.9 Å². The van der Waals surface area contributed by atoms with Gasteiger partial charge in [-0.2, -0.15) is 4.98 Å². The number of amides is 1. The molecule has 1 fully saturated rings. The Hall–Kier alpha value is -1.43. The van der Waals surface area contributed by atoms with Crippen molar-refractivity contribution in [3.05, 3.63) is 11.7 Å². The van der Waals surface area contributed by atoms with Gasteiger partial charge in [-0.3, -0.25) is 4.79 Å². The Labute approximate surface area is 119 Å². The number of methoxy groups -OCH3 is 1. The van der Waals surface area contributed by atoms with Crippen molar-refractivity contribution in [3.63, 3.8) is 0 Å². The summed E-state index contributed by atoms with van der Waals surface area (Å²) in [5, 5.41) is 7.01. The summed E-state index contributed by atoms with van der Waals surface area (Å²) in [5.74, 6) is 1.10.